The minimum absolute atomic E-state index is 0.0592. The van der Waals surface area contributed by atoms with Gasteiger partial charge in [0.1, 0.15) is 5.75 Å². The number of ether oxygens (including phenoxy) is 1. The first kappa shape index (κ1) is 14.3. The lowest BCUT2D eigenvalue weighted by atomic mass is 10.2. The Bertz CT molecular complexity index is 614. The Morgan fingerprint density at radius 1 is 1.42 bits per heavy atom. The summed E-state index contributed by atoms with van der Waals surface area (Å²) in [5.41, 5.74) is 0. The highest BCUT2D eigenvalue weighted by Crippen LogP contribution is 2.31. The number of benzene rings is 1. The van der Waals surface area contributed by atoms with E-state index in [1.165, 1.54) is 19.2 Å². The molecule has 104 valence electrons. The Kier molecular flexibility index (Phi) is 3.87. The molecule has 1 atom stereocenters. The first-order chi connectivity index (χ1) is 8.86. The fourth-order valence-electron chi connectivity index (χ4n) is 2.02. The van der Waals surface area contributed by atoms with Gasteiger partial charge in [0.15, 0.2) is 0 Å². The Morgan fingerprint density at radius 3 is 2.58 bits per heavy atom. The quantitative estimate of drug-likeness (QED) is 0.838. The maximum Gasteiger partial charge on any atom is 0.266 e. The molecular weight excluding hydrogens is 334 g/mol. The molecule has 0 N–H and O–H groups in total. The van der Waals surface area contributed by atoms with Crippen LogP contribution >= 0.6 is 15.9 Å². The molecule has 1 aromatic carbocycles. The summed E-state index contributed by atoms with van der Waals surface area (Å²) < 4.78 is 31.3. The van der Waals surface area contributed by atoms with E-state index in [0.29, 0.717) is 10.2 Å². The van der Waals surface area contributed by atoms with E-state index in [-0.39, 0.29) is 29.7 Å². The van der Waals surface area contributed by atoms with E-state index >= 15 is 0 Å². The summed E-state index contributed by atoms with van der Waals surface area (Å²) in [7, 11) is -2.27. The van der Waals surface area contributed by atoms with E-state index in [9.17, 15) is 13.2 Å². The van der Waals surface area contributed by atoms with Crippen molar-refractivity contribution < 1.29 is 17.9 Å². The van der Waals surface area contributed by atoms with Gasteiger partial charge in [-0.25, -0.2) is 12.7 Å². The van der Waals surface area contributed by atoms with Crippen LogP contribution in [0.4, 0.5) is 0 Å². The molecule has 0 saturated carbocycles. The molecule has 1 fully saturated rings. The van der Waals surface area contributed by atoms with Crippen LogP contribution in [-0.4, -0.2) is 32.3 Å². The highest BCUT2D eigenvalue weighted by molar-refractivity contribution is 9.10. The summed E-state index contributed by atoms with van der Waals surface area (Å²) in [5, 5.41) is 0. The van der Waals surface area contributed by atoms with Gasteiger partial charge in [-0.1, -0.05) is 6.92 Å². The summed E-state index contributed by atoms with van der Waals surface area (Å²) in [6, 6.07) is 4.45. The zero-order valence-electron chi connectivity index (χ0n) is 10.6. The van der Waals surface area contributed by atoms with Crippen molar-refractivity contribution in [3.63, 3.8) is 0 Å². The molecule has 2 rings (SSSR count). The molecule has 1 aliphatic rings. The van der Waals surface area contributed by atoms with Crippen LogP contribution in [0, 0.1) is 5.92 Å². The number of sulfonamides is 1. The van der Waals surface area contributed by atoms with Crippen molar-refractivity contribution in [1.82, 2.24) is 4.31 Å². The molecule has 0 radical (unpaired) electrons. The molecule has 7 heteroatoms. The number of amides is 1. The third-order valence-electron chi connectivity index (χ3n) is 2.99. The van der Waals surface area contributed by atoms with Gasteiger partial charge in [-0.2, -0.15) is 0 Å². The van der Waals surface area contributed by atoms with Crippen LogP contribution in [0.2, 0.25) is 0 Å². The van der Waals surface area contributed by atoms with Crippen molar-refractivity contribution in [2.45, 2.75) is 18.2 Å². The summed E-state index contributed by atoms with van der Waals surface area (Å²) >= 11 is 3.24. The molecule has 1 unspecified atom stereocenters. The molecule has 1 aliphatic heterocycles. The van der Waals surface area contributed by atoms with E-state index in [4.69, 9.17) is 4.74 Å². The Hall–Kier alpha value is -1.08. The molecule has 1 saturated heterocycles. The fourth-order valence-corrected chi connectivity index (χ4v) is 4.26. The van der Waals surface area contributed by atoms with Crippen LogP contribution in [-0.2, 0) is 14.8 Å². The molecule has 19 heavy (non-hydrogen) atoms. The van der Waals surface area contributed by atoms with Gasteiger partial charge in [-0.3, -0.25) is 4.79 Å². The summed E-state index contributed by atoms with van der Waals surface area (Å²) in [6.45, 7) is 2.10. The van der Waals surface area contributed by atoms with Crippen molar-refractivity contribution in [2.75, 3.05) is 13.7 Å². The maximum atomic E-state index is 12.4. The molecule has 5 nitrogen and oxygen atoms in total. The monoisotopic (exact) mass is 347 g/mol. The Morgan fingerprint density at radius 2 is 2.11 bits per heavy atom. The molecule has 1 heterocycles. The lowest BCUT2D eigenvalue weighted by Crippen LogP contribution is -2.32. The minimum atomic E-state index is -3.77. The summed E-state index contributed by atoms with van der Waals surface area (Å²) in [6.07, 6.45) is 0.274. The predicted octanol–water partition coefficient (Wildman–Crippen LogP) is 2.01. The first-order valence-electron chi connectivity index (χ1n) is 5.75. The molecule has 0 aliphatic carbocycles. The maximum absolute atomic E-state index is 12.4. The predicted molar refractivity (Wildman–Crippen MR) is 73.4 cm³/mol. The van der Waals surface area contributed by atoms with Crippen LogP contribution < -0.4 is 4.74 Å². The van der Waals surface area contributed by atoms with Crippen molar-refractivity contribution in [1.29, 1.82) is 0 Å². The second kappa shape index (κ2) is 5.13. The number of nitrogens with zero attached hydrogens (tertiary/aromatic N) is 1. The first-order valence-corrected chi connectivity index (χ1v) is 7.98. The van der Waals surface area contributed by atoms with Gasteiger partial charge in [-0.05, 0) is 40.0 Å². The van der Waals surface area contributed by atoms with Crippen molar-refractivity contribution in [3.8, 4) is 5.75 Å². The van der Waals surface area contributed by atoms with Crippen LogP contribution in [0.25, 0.3) is 0 Å². The molecule has 0 spiro atoms. The molecule has 0 aromatic heterocycles. The van der Waals surface area contributed by atoms with Gasteiger partial charge in [0, 0.05) is 13.0 Å². The lowest BCUT2D eigenvalue weighted by molar-refractivity contribution is -0.123. The third kappa shape index (κ3) is 2.62. The number of rotatable bonds is 3. The van der Waals surface area contributed by atoms with Crippen LogP contribution in [0.15, 0.2) is 27.6 Å². The number of carbonyl (C=O) groups excluding carboxylic acids is 1. The van der Waals surface area contributed by atoms with Crippen molar-refractivity contribution in [3.05, 3.63) is 22.7 Å². The smallest absolute Gasteiger partial charge is 0.266 e. The zero-order chi connectivity index (χ0) is 14.2. The number of methoxy groups -OCH3 is 1. The SMILES string of the molecule is COc1ccc(S(=O)(=O)N2CC(C)CC2=O)cc1Br. The Labute approximate surface area is 120 Å². The second-order valence-electron chi connectivity index (χ2n) is 4.54. The topological polar surface area (TPSA) is 63.7 Å². The number of hydrogen-bond acceptors (Lipinski definition) is 4. The van der Waals surface area contributed by atoms with E-state index in [1.807, 2.05) is 6.92 Å². The average molecular weight is 348 g/mol. The molecule has 1 amide bonds. The van der Waals surface area contributed by atoms with Crippen LogP contribution in [0.1, 0.15) is 13.3 Å². The number of hydrogen-bond donors (Lipinski definition) is 0. The van der Waals surface area contributed by atoms with Crippen LogP contribution in [0.3, 0.4) is 0 Å². The standard InChI is InChI=1S/C12H14BrNO4S/c1-8-5-12(15)14(7-8)19(16,17)9-3-4-11(18-2)10(13)6-9/h3-4,6,8H,5,7H2,1-2H3. The van der Waals surface area contributed by atoms with Gasteiger partial charge in [-0.15, -0.1) is 0 Å². The van der Waals surface area contributed by atoms with Crippen LogP contribution in [0.5, 0.6) is 5.75 Å². The molecule has 0 bridgehead atoms. The number of carbonyl (C=O) groups is 1. The molecule has 1 aromatic rings. The van der Waals surface area contributed by atoms with Crippen molar-refractivity contribution >= 4 is 31.9 Å². The third-order valence-corrected chi connectivity index (χ3v) is 5.39. The van der Waals surface area contributed by atoms with Gasteiger partial charge in [0.05, 0.1) is 16.5 Å². The summed E-state index contributed by atoms with van der Waals surface area (Å²) in [4.78, 5) is 11.8. The highest BCUT2D eigenvalue weighted by Gasteiger charge is 2.36. The Balaban J connectivity index is 2.40. The van der Waals surface area contributed by atoms with Gasteiger partial charge >= 0.3 is 0 Å². The fraction of sp³-hybridized carbons (Fsp3) is 0.417. The van der Waals surface area contributed by atoms with E-state index < -0.39 is 10.0 Å². The largest absolute Gasteiger partial charge is 0.496 e. The zero-order valence-corrected chi connectivity index (χ0v) is 13.0. The van der Waals surface area contributed by atoms with Gasteiger partial charge < -0.3 is 4.74 Å². The lowest BCUT2D eigenvalue weighted by Gasteiger charge is -2.17. The highest BCUT2D eigenvalue weighted by atomic mass is 79.9. The van der Waals surface area contributed by atoms with E-state index in [0.717, 1.165) is 4.31 Å². The van der Waals surface area contributed by atoms with Gasteiger partial charge in [0.2, 0.25) is 5.91 Å². The minimum Gasteiger partial charge on any atom is -0.496 e. The molecular formula is C12H14BrNO4S. The van der Waals surface area contributed by atoms with Crippen molar-refractivity contribution in [2.24, 2.45) is 5.92 Å². The average Bonchev–Trinajstić information content (AvgIpc) is 2.69. The van der Waals surface area contributed by atoms with E-state index in [1.54, 1.807) is 6.07 Å². The van der Waals surface area contributed by atoms with Gasteiger partial charge in [0.25, 0.3) is 10.0 Å². The second-order valence-corrected chi connectivity index (χ2v) is 7.25. The summed E-state index contributed by atoms with van der Waals surface area (Å²) in [5.74, 6) is 0.253. The normalized spacial score (nSPS) is 19.8. The van der Waals surface area contributed by atoms with E-state index in [2.05, 4.69) is 15.9 Å². The number of halogens is 1.